The number of unbranched alkanes of at least 4 members (excludes halogenated alkanes) is 28. The van der Waals surface area contributed by atoms with Gasteiger partial charge in [0, 0.05) is 19.4 Å². The molecule has 0 rings (SSSR count). The van der Waals surface area contributed by atoms with Gasteiger partial charge in [-0.2, -0.15) is 0 Å². The first-order valence-electron chi connectivity index (χ1n) is 22.7. The highest BCUT2D eigenvalue weighted by molar-refractivity contribution is 7.47. The zero-order chi connectivity index (χ0) is 39.6. The Hall–Kier alpha value is -1.25. The maximum atomic E-state index is 12.1. The van der Waals surface area contributed by atoms with Gasteiger partial charge in [0.1, 0.15) is 12.7 Å². The molecule has 0 spiro atoms. The Morgan fingerprint density at radius 3 is 1.39 bits per heavy atom. The van der Waals surface area contributed by atoms with Crippen molar-refractivity contribution in [2.75, 3.05) is 26.4 Å². The molecule has 1 amide bonds. The van der Waals surface area contributed by atoms with Gasteiger partial charge >= 0.3 is 13.8 Å². The van der Waals surface area contributed by atoms with Crippen LogP contribution in [0.1, 0.15) is 226 Å². The average molecular weight is 788 g/mol. The summed E-state index contributed by atoms with van der Waals surface area (Å²) in [5, 5.41) is 12.7. The second-order valence-electron chi connectivity index (χ2n) is 15.4. The molecule has 0 aliphatic heterocycles. The van der Waals surface area contributed by atoms with Crippen LogP contribution in [0.5, 0.6) is 0 Å². The Morgan fingerprint density at radius 2 is 0.944 bits per heavy atom. The van der Waals surface area contributed by atoms with E-state index in [0.717, 1.165) is 38.5 Å². The number of esters is 1. The highest BCUT2D eigenvalue weighted by atomic mass is 31.2. The number of hydrogen-bond donors (Lipinski definition) is 3. The van der Waals surface area contributed by atoms with Crippen molar-refractivity contribution in [3.63, 3.8) is 0 Å². The van der Waals surface area contributed by atoms with Crippen molar-refractivity contribution in [3.05, 3.63) is 12.2 Å². The predicted octanol–water partition coefficient (Wildman–Crippen LogP) is 12.6. The number of nitrogens with one attached hydrogen (secondary N) is 1. The van der Waals surface area contributed by atoms with Gasteiger partial charge in [-0.25, -0.2) is 4.57 Å². The van der Waals surface area contributed by atoms with E-state index in [4.69, 9.17) is 13.8 Å². The van der Waals surface area contributed by atoms with E-state index in [-0.39, 0.29) is 32.1 Å². The number of phosphoric acid groups is 1. The van der Waals surface area contributed by atoms with Gasteiger partial charge < -0.3 is 20.1 Å². The monoisotopic (exact) mass is 788 g/mol. The molecule has 0 aliphatic rings. The smallest absolute Gasteiger partial charge is 0.463 e. The van der Waals surface area contributed by atoms with Crippen LogP contribution in [0.3, 0.4) is 0 Å². The van der Waals surface area contributed by atoms with Crippen molar-refractivity contribution in [3.8, 4) is 0 Å². The molecule has 0 bridgehead atoms. The summed E-state index contributed by atoms with van der Waals surface area (Å²) in [6, 6.07) is 0. The topological polar surface area (TPSA) is 131 Å². The van der Waals surface area contributed by atoms with Crippen LogP contribution < -0.4 is 5.32 Å². The third kappa shape index (κ3) is 41.9. The minimum Gasteiger partial charge on any atom is -0.463 e. The van der Waals surface area contributed by atoms with E-state index in [1.54, 1.807) is 0 Å². The second kappa shape index (κ2) is 41.4. The molecule has 0 radical (unpaired) electrons. The minimum atomic E-state index is -4.41. The van der Waals surface area contributed by atoms with Gasteiger partial charge in [-0.15, -0.1) is 0 Å². The molecule has 0 aliphatic carbocycles. The molecule has 3 N–H and O–H groups in total. The van der Waals surface area contributed by atoms with Crippen molar-refractivity contribution in [2.24, 2.45) is 0 Å². The summed E-state index contributed by atoms with van der Waals surface area (Å²) in [6.07, 6.45) is 43.0. The highest BCUT2D eigenvalue weighted by Crippen LogP contribution is 2.42. The van der Waals surface area contributed by atoms with Crippen LogP contribution in [0, 0.1) is 0 Å². The van der Waals surface area contributed by atoms with E-state index < -0.39 is 26.5 Å². The molecule has 54 heavy (non-hydrogen) atoms. The maximum Gasteiger partial charge on any atom is 0.472 e. The number of rotatable bonds is 43. The first kappa shape index (κ1) is 52.8. The predicted molar refractivity (Wildman–Crippen MR) is 225 cm³/mol. The molecular weight excluding hydrogens is 701 g/mol. The Morgan fingerprint density at radius 1 is 0.556 bits per heavy atom. The Labute approximate surface area is 332 Å². The van der Waals surface area contributed by atoms with Crippen LogP contribution in [0.2, 0.25) is 0 Å². The van der Waals surface area contributed by atoms with Crippen LogP contribution in [0.4, 0.5) is 0 Å². The fraction of sp³-hybridized carbons (Fsp3) is 0.909. The SMILES string of the molecule is CCCCCCCC/C=C/CCCCCCCCCCCCCCCC(=O)NCCOP(=O)(O)OCC(O)COC(=O)CCCCCCCCCCCC. The number of carbonyl (C=O) groups excluding carboxylic acids is 2. The van der Waals surface area contributed by atoms with Crippen molar-refractivity contribution >= 4 is 19.7 Å². The number of carbonyl (C=O) groups is 2. The molecule has 0 aromatic heterocycles. The van der Waals surface area contributed by atoms with E-state index in [1.165, 1.54) is 161 Å². The number of aliphatic hydroxyl groups is 1. The number of phosphoric ester groups is 1. The quantitative estimate of drug-likeness (QED) is 0.0241. The molecule has 320 valence electrons. The van der Waals surface area contributed by atoms with E-state index >= 15 is 0 Å². The number of amides is 1. The minimum absolute atomic E-state index is 0.0859. The first-order chi connectivity index (χ1) is 26.3. The fourth-order valence-corrected chi connectivity index (χ4v) is 7.25. The van der Waals surface area contributed by atoms with E-state index in [1.807, 2.05) is 0 Å². The highest BCUT2D eigenvalue weighted by Gasteiger charge is 2.23. The van der Waals surface area contributed by atoms with Gasteiger partial charge in [0.15, 0.2) is 0 Å². The van der Waals surface area contributed by atoms with Crippen molar-refractivity contribution in [1.82, 2.24) is 5.32 Å². The summed E-state index contributed by atoms with van der Waals surface area (Å²) in [6.45, 7) is 3.56. The normalized spacial score (nSPS) is 13.3. The summed E-state index contributed by atoms with van der Waals surface area (Å²) >= 11 is 0. The lowest BCUT2D eigenvalue weighted by molar-refractivity contribution is -0.147. The molecule has 0 saturated heterocycles. The molecule has 2 unspecified atom stereocenters. The Kier molecular flexibility index (Phi) is 40.4. The van der Waals surface area contributed by atoms with Crippen molar-refractivity contribution < 1.29 is 37.9 Å². The number of allylic oxidation sites excluding steroid dienone is 2. The summed E-state index contributed by atoms with van der Waals surface area (Å²) in [5.41, 5.74) is 0. The standard InChI is InChI=1S/C44H86NO8P/c1-3-5-7-9-11-13-15-16-17-18-19-20-21-22-23-24-25-26-27-28-30-32-34-36-43(47)45-38-39-52-54(49,50)53-41-42(46)40-51-44(48)37-35-33-31-29-14-12-10-8-6-4-2/h16-17,42,46H,3-15,18-41H2,1-2H3,(H,45,47)(H,49,50)/b17-16+. The molecule has 0 saturated carbocycles. The van der Waals surface area contributed by atoms with Gasteiger partial charge in [0.05, 0.1) is 13.2 Å². The van der Waals surface area contributed by atoms with Gasteiger partial charge in [0.25, 0.3) is 0 Å². The third-order valence-electron chi connectivity index (χ3n) is 9.95. The van der Waals surface area contributed by atoms with Crippen LogP contribution >= 0.6 is 7.82 Å². The number of hydrogen-bond acceptors (Lipinski definition) is 7. The molecule has 0 aromatic rings. The number of aliphatic hydroxyl groups excluding tert-OH is 1. The zero-order valence-electron chi connectivity index (χ0n) is 35.2. The summed E-state index contributed by atoms with van der Waals surface area (Å²) in [7, 11) is -4.41. The first-order valence-corrected chi connectivity index (χ1v) is 24.2. The Bertz CT molecular complexity index is 902. The molecule has 10 heteroatoms. The molecular formula is C44H86NO8P. The lowest BCUT2D eigenvalue weighted by Crippen LogP contribution is -2.27. The molecule has 0 heterocycles. The second-order valence-corrected chi connectivity index (χ2v) is 16.8. The molecule has 0 aromatic carbocycles. The Balaban J connectivity index is 3.51. The van der Waals surface area contributed by atoms with E-state index in [2.05, 4.69) is 31.3 Å². The lowest BCUT2D eigenvalue weighted by atomic mass is 10.0. The van der Waals surface area contributed by atoms with Gasteiger partial charge in [-0.3, -0.25) is 18.6 Å². The summed E-state index contributed by atoms with van der Waals surface area (Å²) in [4.78, 5) is 33.8. The largest absolute Gasteiger partial charge is 0.472 e. The van der Waals surface area contributed by atoms with Crippen LogP contribution in [-0.4, -0.2) is 54.3 Å². The molecule has 0 fully saturated rings. The summed E-state index contributed by atoms with van der Waals surface area (Å²) in [5.74, 6) is -0.510. The average Bonchev–Trinajstić information content (AvgIpc) is 3.16. The van der Waals surface area contributed by atoms with E-state index in [9.17, 15) is 24.2 Å². The van der Waals surface area contributed by atoms with E-state index in [0.29, 0.717) is 6.42 Å². The lowest BCUT2D eigenvalue weighted by Gasteiger charge is -2.15. The van der Waals surface area contributed by atoms with Crippen LogP contribution in [0.25, 0.3) is 0 Å². The molecule has 2 atom stereocenters. The third-order valence-corrected chi connectivity index (χ3v) is 10.9. The zero-order valence-corrected chi connectivity index (χ0v) is 36.1. The van der Waals surface area contributed by atoms with Gasteiger partial charge in [-0.1, -0.05) is 187 Å². The fourth-order valence-electron chi connectivity index (χ4n) is 6.49. The van der Waals surface area contributed by atoms with Crippen molar-refractivity contribution in [1.29, 1.82) is 0 Å². The maximum absolute atomic E-state index is 12.1. The van der Waals surface area contributed by atoms with Crippen LogP contribution in [0.15, 0.2) is 12.2 Å². The van der Waals surface area contributed by atoms with Crippen molar-refractivity contribution in [2.45, 2.75) is 232 Å². The van der Waals surface area contributed by atoms with Gasteiger partial charge in [0.2, 0.25) is 5.91 Å². The molecule has 9 nitrogen and oxygen atoms in total. The van der Waals surface area contributed by atoms with Gasteiger partial charge in [-0.05, 0) is 38.5 Å². The number of ether oxygens (including phenoxy) is 1. The summed E-state index contributed by atoms with van der Waals surface area (Å²) < 4.78 is 26.8. The van der Waals surface area contributed by atoms with Crippen LogP contribution in [-0.2, 0) is 27.9 Å².